The van der Waals surface area contributed by atoms with Gasteiger partial charge < -0.3 is 10.5 Å². The van der Waals surface area contributed by atoms with Gasteiger partial charge in [0.05, 0.1) is 17.3 Å². The van der Waals surface area contributed by atoms with Gasteiger partial charge in [-0.1, -0.05) is 6.08 Å². The number of nitrogens with two attached hydrogens (primary N) is 1. The summed E-state index contributed by atoms with van der Waals surface area (Å²) < 4.78 is 5.16. The smallest absolute Gasteiger partial charge is 0.0941 e. The molecule has 0 amide bonds. The van der Waals surface area contributed by atoms with Crippen LogP contribution in [0.5, 0.6) is 0 Å². The Balaban J connectivity index is 1.83. The molecule has 100 valence electrons. The van der Waals surface area contributed by atoms with Crippen LogP contribution in [-0.2, 0) is 17.7 Å². The average molecular weight is 267 g/mol. The molecular formula is C13H21N3OS. The van der Waals surface area contributed by atoms with E-state index in [4.69, 9.17) is 10.5 Å². The lowest BCUT2D eigenvalue weighted by Crippen LogP contribution is -2.29. The predicted octanol–water partition coefficient (Wildman–Crippen LogP) is 1.42. The molecular weight excluding hydrogens is 246 g/mol. The molecule has 1 aromatic rings. The van der Waals surface area contributed by atoms with Gasteiger partial charge in [-0.2, -0.15) is 0 Å². The lowest BCUT2D eigenvalue weighted by Gasteiger charge is -2.25. The first kappa shape index (κ1) is 13.7. The Morgan fingerprint density at radius 3 is 3.11 bits per heavy atom. The van der Waals surface area contributed by atoms with Crippen molar-refractivity contribution in [1.29, 1.82) is 0 Å². The summed E-state index contributed by atoms with van der Waals surface area (Å²) in [6, 6.07) is 0. The average Bonchev–Trinajstić information content (AvgIpc) is 2.80. The number of ether oxygens (including phenoxy) is 1. The van der Waals surface area contributed by atoms with E-state index in [9.17, 15) is 0 Å². The number of hydrogen-bond donors (Lipinski definition) is 1. The summed E-state index contributed by atoms with van der Waals surface area (Å²) in [5.41, 5.74) is 8.12. The fourth-order valence-corrected chi connectivity index (χ4v) is 2.91. The van der Waals surface area contributed by atoms with E-state index in [1.165, 1.54) is 11.3 Å². The zero-order valence-corrected chi connectivity index (χ0v) is 11.7. The molecule has 0 unspecified atom stereocenters. The molecule has 1 aliphatic rings. The van der Waals surface area contributed by atoms with Gasteiger partial charge in [-0.15, -0.1) is 11.3 Å². The fraction of sp³-hybridized carbons (Fsp3) is 0.615. The van der Waals surface area contributed by atoms with Crippen molar-refractivity contribution in [2.24, 2.45) is 5.73 Å². The quantitative estimate of drug-likeness (QED) is 0.792. The van der Waals surface area contributed by atoms with Crippen molar-refractivity contribution in [1.82, 2.24) is 9.88 Å². The highest BCUT2D eigenvalue weighted by atomic mass is 32.1. The van der Waals surface area contributed by atoms with Gasteiger partial charge in [0.1, 0.15) is 0 Å². The van der Waals surface area contributed by atoms with Crippen molar-refractivity contribution in [3.8, 4) is 0 Å². The minimum absolute atomic E-state index is 0.680. The molecule has 4 nitrogen and oxygen atoms in total. The number of nitrogens with zero attached hydrogens (tertiary/aromatic N) is 2. The molecule has 1 aromatic heterocycles. The molecule has 2 rings (SSSR count). The molecule has 0 saturated carbocycles. The van der Waals surface area contributed by atoms with Crippen LogP contribution < -0.4 is 5.73 Å². The highest BCUT2D eigenvalue weighted by Gasteiger charge is 2.13. The second-order valence-corrected chi connectivity index (χ2v) is 5.49. The van der Waals surface area contributed by atoms with Crippen LogP contribution in [0.2, 0.25) is 0 Å². The molecule has 0 bridgehead atoms. The number of aromatic nitrogens is 1. The van der Waals surface area contributed by atoms with Crippen molar-refractivity contribution >= 4 is 11.3 Å². The van der Waals surface area contributed by atoms with Gasteiger partial charge >= 0.3 is 0 Å². The molecule has 2 N–H and O–H groups in total. The van der Waals surface area contributed by atoms with Crippen LogP contribution in [0.25, 0.3) is 0 Å². The van der Waals surface area contributed by atoms with E-state index in [0.29, 0.717) is 6.54 Å². The first-order valence-electron chi connectivity index (χ1n) is 6.34. The Bertz CT molecular complexity index is 403. The molecule has 5 heteroatoms. The highest BCUT2D eigenvalue weighted by molar-refractivity contribution is 7.09. The summed E-state index contributed by atoms with van der Waals surface area (Å²) in [7, 11) is 1.75. The summed E-state index contributed by atoms with van der Waals surface area (Å²) in [6.45, 7) is 4.49. The number of hydrogen-bond acceptors (Lipinski definition) is 5. The molecule has 1 aliphatic heterocycles. The maximum atomic E-state index is 5.53. The Morgan fingerprint density at radius 2 is 2.44 bits per heavy atom. The summed E-state index contributed by atoms with van der Waals surface area (Å²) >= 11 is 1.72. The monoisotopic (exact) mass is 267 g/mol. The van der Waals surface area contributed by atoms with Gasteiger partial charge in [-0.25, -0.2) is 4.98 Å². The van der Waals surface area contributed by atoms with Crippen LogP contribution >= 0.6 is 11.3 Å². The summed E-state index contributed by atoms with van der Waals surface area (Å²) in [4.78, 5) is 7.02. The standard InChI is InChI=1S/C13H21N3OS/c1-17-9-11-3-6-16(7-4-11)8-12-10-18-13(15-12)2-5-14/h3,10H,2,4-9,14H2,1H3. The van der Waals surface area contributed by atoms with Crippen LogP contribution in [0.4, 0.5) is 0 Å². The van der Waals surface area contributed by atoms with E-state index < -0.39 is 0 Å². The van der Waals surface area contributed by atoms with Crippen molar-refractivity contribution in [2.75, 3.05) is 33.4 Å². The van der Waals surface area contributed by atoms with E-state index >= 15 is 0 Å². The van der Waals surface area contributed by atoms with E-state index in [-0.39, 0.29) is 0 Å². The van der Waals surface area contributed by atoms with E-state index in [0.717, 1.165) is 44.1 Å². The zero-order chi connectivity index (χ0) is 12.8. The molecule has 0 aromatic carbocycles. The van der Waals surface area contributed by atoms with E-state index in [1.807, 2.05) is 0 Å². The Hall–Kier alpha value is -0.750. The lowest BCUT2D eigenvalue weighted by molar-refractivity contribution is 0.210. The molecule has 0 saturated heterocycles. The minimum atomic E-state index is 0.680. The fourth-order valence-electron chi connectivity index (χ4n) is 2.10. The molecule has 0 atom stereocenters. The molecule has 0 radical (unpaired) electrons. The molecule has 18 heavy (non-hydrogen) atoms. The third kappa shape index (κ3) is 3.88. The van der Waals surface area contributed by atoms with Crippen molar-refractivity contribution in [2.45, 2.75) is 19.4 Å². The van der Waals surface area contributed by atoms with Crippen molar-refractivity contribution in [3.05, 3.63) is 27.7 Å². The third-order valence-electron chi connectivity index (χ3n) is 3.06. The zero-order valence-electron chi connectivity index (χ0n) is 10.9. The maximum absolute atomic E-state index is 5.53. The Morgan fingerprint density at radius 1 is 1.56 bits per heavy atom. The lowest BCUT2D eigenvalue weighted by atomic mass is 10.1. The first-order valence-corrected chi connectivity index (χ1v) is 7.22. The van der Waals surface area contributed by atoms with Gasteiger partial charge in [0.15, 0.2) is 0 Å². The van der Waals surface area contributed by atoms with Crippen LogP contribution in [0.1, 0.15) is 17.1 Å². The Labute approximate surface area is 112 Å². The highest BCUT2D eigenvalue weighted by Crippen LogP contribution is 2.16. The van der Waals surface area contributed by atoms with Gasteiger partial charge in [-0.05, 0) is 18.5 Å². The molecule has 2 heterocycles. The van der Waals surface area contributed by atoms with Gasteiger partial charge in [0.25, 0.3) is 0 Å². The normalized spacial score (nSPS) is 16.9. The van der Waals surface area contributed by atoms with Crippen molar-refractivity contribution < 1.29 is 4.74 Å². The van der Waals surface area contributed by atoms with Gasteiger partial charge in [-0.3, -0.25) is 4.90 Å². The van der Waals surface area contributed by atoms with E-state index in [1.54, 1.807) is 18.4 Å². The molecule has 0 fully saturated rings. The minimum Gasteiger partial charge on any atom is -0.380 e. The second kappa shape index (κ2) is 6.99. The van der Waals surface area contributed by atoms with Crippen LogP contribution in [0.3, 0.4) is 0 Å². The Kier molecular flexibility index (Phi) is 5.31. The van der Waals surface area contributed by atoms with Crippen LogP contribution in [-0.4, -0.2) is 43.2 Å². The maximum Gasteiger partial charge on any atom is 0.0941 e. The molecule has 0 aliphatic carbocycles. The second-order valence-electron chi connectivity index (χ2n) is 4.55. The summed E-state index contributed by atoms with van der Waals surface area (Å²) in [5.74, 6) is 0. The van der Waals surface area contributed by atoms with Crippen molar-refractivity contribution in [3.63, 3.8) is 0 Å². The van der Waals surface area contributed by atoms with Crippen LogP contribution in [0, 0.1) is 0 Å². The predicted molar refractivity (Wildman–Crippen MR) is 74.7 cm³/mol. The number of rotatable bonds is 6. The van der Waals surface area contributed by atoms with Gasteiger partial charge in [0, 0.05) is 38.5 Å². The summed E-state index contributed by atoms with van der Waals surface area (Å²) in [6.07, 6.45) is 4.27. The third-order valence-corrected chi connectivity index (χ3v) is 4.02. The number of thiazole rings is 1. The molecule has 0 spiro atoms. The van der Waals surface area contributed by atoms with Crippen LogP contribution in [0.15, 0.2) is 17.0 Å². The number of methoxy groups -OCH3 is 1. The van der Waals surface area contributed by atoms with E-state index in [2.05, 4.69) is 21.3 Å². The largest absolute Gasteiger partial charge is 0.380 e. The topological polar surface area (TPSA) is 51.4 Å². The first-order chi connectivity index (χ1) is 8.81. The summed E-state index contributed by atoms with van der Waals surface area (Å²) in [5, 5.41) is 3.31. The SMILES string of the molecule is COCC1=CCN(Cc2csc(CCN)n2)CC1. The van der Waals surface area contributed by atoms with Gasteiger partial charge in [0.2, 0.25) is 0 Å².